The number of rotatable bonds is 1. The van der Waals surface area contributed by atoms with Gasteiger partial charge in [0.05, 0.1) is 6.54 Å². The average Bonchev–Trinajstić information content (AvgIpc) is 2.28. The minimum absolute atomic E-state index is 0.0356. The Balaban J connectivity index is 2.15. The van der Waals surface area contributed by atoms with Gasteiger partial charge in [0.1, 0.15) is 0 Å². The molecule has 0 bridgehead atoms. The molecular formula is C12H12INO2. The summed E-state index contributed by atoms with van der Waals surface area (Å²) in [5, 5.41) is 0. The van der Waals surface area contributed by atoms with Crippen molar-refractivity contribution in [1.29, 1.82) is 0 Å². The van der Waals surface area contributed by atoms with Gasteiger partial charge in [-0.25, -0.2) is 0 Å². The summed E-state index contributed by atoms with van der Waals surface area (Å²) >= 11 is 2.18. The maximum atomic E-state index is 12.1. The van der Waals surface area contributed by atoms with Crippen LogP contribution in [0.1, 0.15) is 23.2 Å². The lowest BCUT2D eigenvalue weighted by Gasteiger charge is -2.25. The summed E-state index contributed by atoms with van der Waals surface area (Å²) in [6.07, 6.45) is 1.39. The van der Waals surface area contributed by atoms with Crippen LogP contribution in [-0.4, -0.2) is 29.7 Å². The normalized spacial score (nSPS) is 16.3. The number of piperidine rings is 1. The van der Waals surface area contributed by atoms with Crippen molar-refractivity contribution in [2.45, 2.75) is 12.8 Å². The Morgan fingerprint density at radius 1 is 1.38 bits per heavy atom. The Bertz CT molecular complexity index is 431. The van der Waals surface area contributed by atoms with Crippen molar-refractivity contribution < 1.29 is 9.59 Å². The third-order valence-electron chi connectivity index (χ3n) is 2.61. The van der Waals surface area contributed by atoms with E-state index in [0.29, 0.717) is 18.5 Å². The molecule has 1 aliphatic rings. The number of nitrogens with zero attached hydrogens (tertiary/aromatic N) is 1. The molecule has 3 nitrogen and oxygen atoms in total. The highest BCUT2D eigenvalue weighted by Gasteiger charge is 2.22. The van der Waals surface area contributed by atoms with Crippen molar-refractivity contribution in [2.24, 2.45) is 0 Å². The number of carbonyl (C=O) groups excluding carboxylic acids is 2. The molecule has 4 heteroatoms. The van der Waals surface area contributed by atoms with Crippen molar-refractivity contribution in [3.05, 3.63) is 33.4 Å². The standard InChI is InChI=1S/C12H12INO2/c13-10-4-1-3-9(7-10)12(16)14-6-2-5-11(15)8-14/h1,3-4,7H,2,5-6,8H2. The maximum Gasteiger partial charge on any atom is 0.254 e. The molecule has 1 saturated heterocycles. The van der Waals surface area contributed by atoms with Crippen molar-refractivity contribution in [1.82, 2.24) is 4.90 Å². The third kappa shape index (κ3) is 2.61. The Kier molecular flexibility index (Phi) is 3.58. The van der Waals surface area contributed by atoms with E-state index >= 15 is 0 Å². The van der Waals surface area contributed by atoms with Crippen LogP contribution in [0.3, 0.4) is 0 Å². The highest BCUT2D eigenvalue weighted by atomic mass is 127. The van der Waals surface area contributed by atoms with Gasteiger partial charge in [-0.05, 0) is 47.2 Å². The Labute approximate surface area is 108 Å². The van der Waals surface area contributed by atoms with Crippen molar-refractivity contribution in [3.63, 3.8) is 0 Å². The van der Waals surface area contributed by atoms with Gasteiger partial charge in [0.2, 0.25) is 0 Å². The van der Waals surface area contributed by atoms with Gasteiger partial charge in [0.25, 0.3) is 5.91 Å². The zero-order valence-corrected chi connectivity index (χ0v) is 10.9. The molecule has 1 aromatic carbocycles. The first-order chi connectivity index (χ1) is 7.66. The third-order valence-corrected chi connectivity index (χ3v) is 3.28. The summed E-state index contributed by atoms with van der Waals surface area (Å²) in [6.45, 7) is 0.959. The van der Waals surface area contributed by atoms with Gasteiger partial charge in [-0.1, -0.05) is 6.07 Å². The number of likely N-dealkylation sites (tertiary alicyclic amines) is 1. The quantitative estimate of drug-likeness (QED) is 0.740. The first-order valence-electron chi connectivity index (χ1n) is 5.23. The SMILES string of the molecule is O=C1CCCN(C(=O)c2cccc(I)c2)C1. The minimum atomic E-state index is -0.0356. The summed E-state index contributed by atoms with van der Waals surface area (Å²) in [5.74, 6) is 0.122. The van der Waals surface area contributed by atoms with Gasteiger partial charge >= 0.3 is 0 Å². The number of halogens is 1. The number of carbonyl (C=O) groups is 2. The molecule has 0 saturated carbocycles. The van der Waals surface area contributed by atoms with Crippen LogP contribution in [0.5, 0.6) is 0 Å². The highest BCUT2D eigenvalue weighted by Crippen LogP contribution is 2.13. The first-order valence-corrected chi connectivity index (χ1v) is 6.31. The molecule has 2 rings (SSSR count). The molecule has 84 valence electrons. The smallest absolute Gasteiger partial charge is 0.254 e. The van der Waals surface area contributed by atoms with Crippen LogP contribution in [0.25, 0.3) is 0 Å². The summed E-state index contributed by atoms with van der Waals surface area (Å²) in [4.78, 5) is 25.0. The monoisotopic (exact) mass is 329 g/mol. The summed E-state index contributed by atoms with van der Waals surface area (Å²) in [7, 11) is 0. The van der Waals surface area contributed by atoms with E-state index in [0.717, 1.165) is 9.99 Å². The topological polar surface area (TPSA) is 37.4 Å². The predicted octanol–water partition coefficient (Wildman–Crippen LogP) is 2.10. The van der Waals surface area contributed by atoms with Crippen LogP contribution in [0, 0.1) is 3.57 Å². The van der Waals surface area contributed by atoms with E-state index in [1.165, 1.54) is 0 Å². The minimum Gasteiger partial charge on any atom is -0.331 e. The number of hydrogen-bond acceptors (Lipinski definition) is 2. The molecule has 1 amide bonds. The number of Topliss-reactive ketones (excluding diaryl/α,β-unsaturated/α-hetero) is 1. The predicted molar refractivity (Wildman–Crippen MR) is 69.3 cm³/mol. The van der Waals surface area contributed by atoms with E-state index in [1.54, 1.807) is 11.0 Å². The Morgan fingerprint density at radius 2 is 2.19 bits per heavy atom. The summed E-state index contributed by atoms with van der Waals surface area (Å²) in [5.41, 5.74) is 0.668. The van der Waals surface area contributed by atoms with E-state index < -0.39 is 0 Å². The van der Waals surface area contributed by atoms with Gasteiger partial charge < -0.3 is 4.90 Å². The number of ketones is 1. The fourth-order valence-electron chi connectivity index (χ4n) is 1.82. The van der Waals surface area contributed by atoms with E-state index in [4.69, 9.17) is 0 Å². The molecule has 1 aromatic rings. The second-order valence-corrected chi connectivity index (χ2v) is 5.12. The van der Waals surface area contributed by atoms with Gasteiger partial charge in [0.15, 0.2) is 5.78 Å². The zero-order chi connectivity index (χ0) is 11.5. The van der Waals surface area contributed by atoms with Crippen LogP contribution in [0.4, 0.5) is 0 Å². The first kappa shape index (κ1) is 11.6. The molecular weight excluding hydrogens is 317 g/mol. The van der Waals surface area contributed by atoms with Crippen LogP contribution in [0.15, 0.2) is 24.3 Å². The Hall–Kier alpha value is -0.910. The van der Waals surface area contributed by atoms with E-state index in [-0.39, 0.29) is 18.2 Å². The molecule has 0 N–H and O–H groups in total. The second-order valence-electron chi connectivity index (χ2n) is 3.88. The fourth-order valence-corrected chi connectivity index (χ4v) is 2.36. The van der Waals surface area contributed by atoms with Crippen LogP contribution in [0.2, 0.25) is 0 Å². The van der Waals surface area contributed by atoms with E-state index in [2.05, 4.69) is 22.6 Å². The second kappa shape index (κ2) is 4.95. The number of hydrogen-bond donors (Lipinski definition) is 0. The number of amides is 1. The molecule has 0 radical (unpaired) electrons. The molecule has 1 heterocycles. The van der Waals surface area contributed by atoms with Crippen molar-refractivity contribution >= 4 is 34.3 Å². The largest absolute Gasteiger partial charge is 0.331 e. The summed E-state index contributed by atoms with van der Waals surface area (Å²) in [6, 6.07) is 7.45. The fraction of sp³-hybridized carbons (Fsp3) is 0.333. The molecule has 0 aromatic heterocycles. The summed E-state index contributed by atoms with van der Waals surface area (Å²) < 4.78 is 1.03. The molecule has 16 heavy (non-hydrogen) atoms. The van der Waals surface area contributed by atoms with Gasteiger partial charge in [-0.15, -0.1) is 0 Å². The lowest BCUT2D eigenvalue weighted by atomic mass is 10.1. The molecule has 1 fully saturated rings. The highest BCUT2D eigenvalue weighted by molar-refractivity contribution is 14.1. The van der Waals surface area contributed by atoms with E-state index in [9.17, 15) is 9.59 Å². The van der Waals surface area contributed by atoms with Crippen LogP contribution < -0.4 is 0 Å². The zero-order valence-electron chi connectivity index (χ0n) is 8.78. The maximum absolute atomic E-state index is 12.1. The van der Waals surface area contributed by atoms with E-state index in [1.807, 2.05) is 18.2 Å². The molecule has 0 unspecified atom stereocenters. The van der Waals surface area contributed by atoms with Gasteiger partial charge in [0, 0.05) is 22.1 Å². The lowest BCUT2D eigenvalue weighted by Crippen LogP contribution is -2.40. The lowest BCUT2D eigenvalue weighted by molar-refractivity contribution is -0.121. The van der Waals surface area contributed by atoms with Crippen molar-refractivity contribution in [3.8, 4) is 0 Å². The van der Waals surface area contributed by atoms with Gasteiger partial charge in [-0.3, -0.25) is 9.59 Å². The molecule has 0 spiro atoms. The molecule has 0 atom stereocenters. The van der Waals surface area contributed by atoms with Crippen LogP contribution >= 0.6 is 22.6 Å². The molecule has 0 aliphatic carbocycles. The average molecular weight is 329 g/mol. The number of benzene rings is 1. The van der Waals surface area contributed by atoms with Crippen LogP contribution in [-0.2, 0) is 4.79 Å². The molecule has 1 aliphatic heterocycles. The van der Waals surface area contributed by atoms with Gasteiger partial charge in [-0.2, -0.15) is 0 Å². The van der Waals surface area contributed by atoms with Crippen molar-refractivity contribution in [2.75, 3.05) is 13.1 Å². The Morgan fingerprint density at radius 3 is 2.88 bits per heavy atom.